The van der Waals surface area contributed by atoms with Crippen LogP contribution >= 0.6 is 11.3 Å². The second-order valence-electron chi connectivity index (χ2n) is 8.10. The molecule has 5 heteroatoms. The lowest BCUT2D eigenvalue weighted by Crippen LogP contribution is -2.48. The molecule has 0 radical (unpaired) electrons. The van der Waals surface area contributed by atoms with Gasteiger partial charge < -0.3 is 4.42 Å². The van der Waals surface area contributed by atoms with Gasteiger partial charge in [0.1, 0.15) is 5.76 Å². The van der Waals surface area contributed by atoms with Crippen molar-refractivity contribution in [3.05, 3.63) is 34.7 Å². The zero-order valence-electron chi connectivity index (χ0n) is 13.9. The van der Waals surface area contributed by atoms with Crippen molar-refractivity contribution in [1.29, 1.82) is 0 Å². The monoisotopic (exact) mass is 342 g/mol. The number of aryl methyl sites for hydroxylation is 1. The Kier molecular flexibility index (Phi) is 3.18. The van der Waals surface area contributed by atoms with Crippen molar-refractivity contribution < 1.29 is 9.21 Å². The molecule has 0 aliphatic heterocycles. The summed E-state index contributed by atoms with van der Waals surface area (Å²) in [6.45, 7) is 1.84. The molecule has 4 nitrogen and oxygen atoms in total. The van der Waals surface area contributed by atoms with Crippen molar-refractivity contribution in [2.24, 2.45) is 17.8 Å². The van der Waals surface area contributed by atoms with E-state index in [4.69, 9.17) is 9.40 Å². The van der Waals surface area contributed by atoms with Crippen molar-refractivity contribution >= 4 is 22.4 Å². The lowest BCUT2D eigenvalue weighted by atomic mass is 9.49. The van der Waals surface area contributed by atoms with E-state index < -0.39 is 0 Å². The second kappa shape index (κ2) is 5.19. The number of thiazole rings is 1. The van der Waals surface area contributed by atoms with E-state index in [1.54, 1.807) is 23.5 Å². The molecule has 1 amide bonds. The van der Waals surface area contributed by atoms with Crippen molar-refractivity contribution in [2.75, 3.05) is 5.32 Å². The van der Waals surface area contributed by atoms with Crippen molar-refractivity contribution in [3.8, 4) is 0 Å². The van der Waals surface area contributed by atoms with Crippen LogP contribution in [0.5, 0.6) is 0 Å². The van der Waals surface area contributed by atoms with Gasteiger partial charge in [-0.15, -0.1) is 11.3 Å². The van der Waals surface area contributed by atoms with Crippen LogP contribution in [0.4, 0.5) is 5.13 Å². The molecule has 1 N–H and O–H groups in total. The van der Waals surface area contributed by atoms with Gasteiger partial charge in [-0.05, 0) is 75.3 Å². The third-order valence-electron chi connectivity index (χ3n) is 6.27. The Hall–Kier alpha value is -1.62. The first-order valence-electron chi connectivity index (χ1n) is 8.93. The number of amides is 1. The first kappa shape index (κ1) is 14.7. The molecule has 4 bridgehead atoms. The minimum atomic E-state index is -0.213. The maximum Gasteiger partial charge on any atom is 0.293 e. The number of nitrogens with one attached hydrogen (secondary N) is 1. The first-order chi connectivity index (χ1) is 11.6. The van der Waals surface area contributed by atoms with Crippen molar-refractivity contribution in [3.63, 3.8) is 0 Å². The van der Waals surface area contributed by atoms with Crippen LogP contribution in [0.1, 0.15) is 60.5 Å². The summed E-state index contributed by atoms with van der Waals surface area (Å²) in [6.07, 6.45) is 8.20. The summed E-state index contributed by atoms with van der Waals surface area (Å²) in [7, 11) is 0. The van der Waals surface area contributed by atoms with Gasteiger partial charge in [0.2, 0.25) is 0 Å². The SMILES string of the molecule is Cc1ccc(C(=O)Nc2nc(C34CC5CC(CC(C5)C3)C4)cs2)o1. The summed E-state index contributed by atoms with van der Waals surface area (Å²) in [5.74, 6) is 3.59. The highest BCUT2D eigenvalue weighted by atomic mass is 32.1. The normalized spacial score (nSPS) is 33.8. The third-order valence-corrected chi connectivity index (χ3v) is 7.03. The fourth-order valence-electron chi connectivity index (χ4n) is 5.71. The maximum atomic E-state index is 12.2. The number of nitrogens with zero attached hydrogens (tertiary/aromatic N) is 1. The number of anilines is 1. The van der Waals surface area contributed by atoms with Crippen LogP contribution in [0.15, 0.2) is 21.9 Å². The van der Waals surface area contributed by atoms with Gasteiger partial charge >= 0.3 is 0 Å². The van der Waals surface area contributed by atoms with Gasteiger partial charge in [0.15, 0.2) is 10.9 Å². The Bertz CT molecular complexity index is 756. The van der Waals surface area contributed by atoms with Gasteiger partial charge in [0, 0.05) is 10.8 Å². The number of carbonyl (C=O) groups excluding carboxylic acids is 1. The van der Waals surface area contributed by atoms with Crippen LogP contribution in [-0.2, 0) is 5.41 Å². The van der Waals surface area contributed by atoms with Crippen LogP contribution < -0.4 is 5.32 Å². The van der Waals surface area contributed by atoms with E-state index in [2.05, 4.69) is 10.7 Å². The third kappa shape index (κ3) is 2.32. The number of carbonyl (C=O) groups is 1. The average molecular weight is 342 g/mol. The van der Waals surface area contributed by atoms with Crippen LogP contribution in [-0.4, -0.2) is 10.9 Å². The Labute approximate surface area is 145 Å². The molecule has 6 rings (SSSR count). The fourth-order valence-corrected chi connectivity index (χ4v) is 6.54. The summed E-state index contributed by atoms with van der Waals surface area (Å²) in [4.78, 5) is 17.1. The van der Waals surface area contributed by atoms with Gasteiger partial charge in [-0.1, -0.05) is 0 Å². The molecule has 4 aliphatic rings. The molecule has 4 saturated carbocycles. The molecule has 2 aromatic heterocycles. The molecule has 2 aromatic rings. The molecule has 126 valence electrons. The van der Waals surface area contributed by atoms with Crippen molar-refractivity contribution in [2.45, 2.75) is 50.9 Å². The van der Waals surface area contributed by atoms with E-state index in [0.29, 0.717) is 10.9 Å². The van der Waals surface area contributed by atoms with Gasteiger partial charge in [0.05, 0.1) is 5.69 Å². The van der Waals surface area contributed by atoms with E-state index in [1.165, 1.54) is 44.2 Å². The molecule has 24 heavy (non-hydrogen) atoms. The molecule has 0 spiro atoms. The van der Waals surface area contributed by atoms with Gasteiger partial charge in [-0.25, -0.2) is 4.98 Å². The van der Waals surface area contributed by atoms with E-state index >= 15 is 0 Å². The molecule has 4 fully saturated rings. The van der Waals surface area contributed by atoms with Crippen LogP contribution in [0.2, 0.25) is 0 Å². The highest BCUT2D eigenvalue weighted by Crippen LogP contribution is 2.60. The number of aromatic nitrogens is 1. The van der Waals surface area contributed by atoms with Gasteiger partial charge in [0.25, 0.3) is 5.91 Å². The quantitative estimate of drug-likeness (QED) is 0.874. The largest absolute Gasteiger partial charge is 0.456 e. The predicted octanol–water partition coefficient (Wildman–Crippen LogP) is 4.76. The predicted molar refractivity (Wildman–Crippen MR) is 93.4 cm³/mol. The Morgan fingerprint density at radius 2 is 1.88 bits per heavy atom. The molecular formula is C19H22N2O2S. The molecule has 2 heterocycles. The highest BCUT2D eigenvalue weighted by Gasteiger charge is 2.52. The molecular weight excluding hydrogens is 320 g/mol. The molecule has 0 unspecified atom stereocenters. The Balaban J connectivity index is 1.37. The Morgan fingerprint density at radius 1 is 1.21 bits per heavy atom. The van der Waals surface area contributed by atoms with E-state index in [-0.39, 0.29) is 11.3 Å². The van der Waals surface area contributed by atoms with Crippen molar-refractivity contribution in [1.82, 2.24) is 4.98 Å². The number of rotatable bonds is 3. The minimum absolute atomic E-state index is 0.213. The summed E-state index contributed by atoms with van der Waals surface area (Å²) in [6, 6.07) is 3.51. The van der Waals surface area contributed by atoms with Gasteiger partial charge in [-0.2, -0.15) is 0 Å². The first-order valence-corrected chi connectivity index (χ1v) is 9.81. The van der Waals surface area contributed by atoms with Crippen LogP contribution in [0, 0.1) is 24.7 Å². The fraction of sp³-hybridized carbons (Fsp3) is 0.579. The summed E-state index contributed by atoms with van der Waals surface area (Å²) < 4.78 is 5.39. The van der Waals surface area contributed by atoms with Crippen LogP contribution in [0.25, 0.3) is 0 Å². The van der Waals surface area contributed by atoms with Gasteiger partial charge in [-0.3, -0.25) is 10.1 Å². The smallest absolute Gasteiger partial charge is 0.293 e. The summed E-state index contributed by atoms with van der Waals surface area (Å²) in [5.41, 5.74) is 1.51. The molecule has 0 aromatic carbocycles. The summed E-state index contributed by atoms with van der Waals surface area (Å²) in [5, 5.41) is 5.77. The number of furan rings is 1. The number of hydrogen-bond acceptors (Lipinski definition) is 4. The zero-order valence-corrected chi connectivity index (χ0v) is 14.7. The van der Waals surface area contributed by atoms with E-state index in [1.807, 2.05) is 6.92 Å². The molecule has 4 aliphatic carbocycles. The topological polar surface area (TPSA) is 55.1 Å². The lowest BCUT2D eigenvalue weighted by Gasteiger charge is -2.56. The lowest BCUT2D eigenvalue weighted by molar-refractivity contribution is -0.00688. The second-order valence-corrected chi connectivity index (χ2v) is 8.96. The minimum Gasteiger partial charge on any atom is -0.456 e. The Morgan fingerprint density at radius 3 is 2.46 bits per heavy atom. The molecule has 0 saturated heterocycles. The van der Waals surface area contributed by atoms with Crippen LogP contribution in [0.3, 0.4) is 0 Å². The number of hydrogen-bond donors (Lipinski definition) is 1. The maximum absolute atomic E-state index is 12.2. The zero-order chi connectivity index (χ0) is 16.3. The summed E-state index contributed by atoms with van der Waals surface area (Å²) >= 11 is 1.54. The molecule has 0 atom stereocenters. The highest BCUT2D eigenvalue weighted by molar-refractivity contribution is 7.14. The average Bonchev–Trinajstić information content (AvgIpc) is 3.15. The van der Waals surface area contributed by atoms with E-state index in [0.717, 1.165) is 23.5 Å². The van der Waals surface area contributed by atoms with E-state index in [9.17, 15) is 4.79 Å². The standard InChI is InChI=1S/C19H22N2O2S/c1-11-2-3-15(23-11)17(22)21-18-20-16(10-24-18)19-7-12-4-13(8-19)6-14(5-12)9-19/h2-3,10,12-14H,4-9H2,1H3,(H,20,21,22).